The average molecular weight is 272 g/mol. The topological polar surface area (TPSA) is 50.1 Å². The molecule has 17 heavy (non-hydrogen) atoms. The first-order valence-electron chi connectivity index (χ1n) is 4.95. The van der Waals surface area contributed by atoms with E-state index in [1.54, 1.807) is 24.7 Å². The number of benzene rings is 1. The number of nitrogens with one attached hydrogen (secondary N) is 1. The van der Waals surface area contributed by atoms with E-state index < -0.39 is 0 Å². The van der Waals surface area contributed by atoms with Crippen molar-refractivity contribution < 1.29 is 5.11 Å². The quantitative estimate of drug-likeness (QED) is 0.844. The second-order valence-electron chi connectivity index (χ2n) is 3.64. The summed E-state index contributed by atoms with van der Waals surface area (Å²) in [7, 11) is 1.92. The van der Waals surface area contributed by atoms with E-state index in [1.165, 1.54) is 0 Å². The van der Waals surface area contributed by atoms with Crippen LogP contribution in [0.3, 0.4) is 0 Å². The highest BCUT2D eigenvalue weighted by atomic mass is 35.5. The largest absolute Gasteiger partial charge is 0.505 e. The number of aromatic nitrogens is 2. The SMILES string of the molecule is Cn1cncc1CNc1cc(Cl)c(O)c(Cl)c1. The van der Waals surface area contributed by atoms with Crippen molar-refractivity contribution in [3.05, 3.63) is 40.4 Å². The molecule has 0 atom stereocenters. The van der Waals surface area contributed by atoms with Crippen LogP contribution in [0.1, 0.15) is 5.69 Å². The van der Waals surface area contributed by atoms with Crippen molar-refractivity contribution >= 4 is 28.9 Å². The van der Waals surface area contributed by atoms with Crippen molar-refractivity contribution in [1.82, 2.24) is 9.55 Å². The van der Waals surface area contributed by atoms with Gasteiger partial charge in [0.15, 0.2) is 5.75 Å². The van der Waals surface area contributed by atoms with Crippen molar-refractivity contribution in [2.45, 2.75) is 6.54 Å². The van der Waals surface area contributed by atoms with Gasteiger partial charge in [-0.05, 0) is 12.1 Å². The zero-order chi connectivity index (χ0) is 12.4. The van der Waals surface area contributed by atoms with Gasteiger partial charge >= 0.3 is 0 Å². The summed E-state index contributed by atoms with van der Waals surface area (Å²) in [6.07, 6.45) is 3.50. The number of rotatable bonds is 3. The molecule has 4 nitrogen and oxygen atoms in total. The molecule has 1 heterocycles. The minimum Gasteiger partial charge on any atom is -0.505 e. The number of aromatic hydroxyl groups is 1. The summed E-state index contributed by atoms with van der Waals surface area (Å²) in [6.45, 7) is 0.605. The van der Waals surface area contributed by atoms with Crippen molar-refractivity contribution in [3.8, 4) is 5.75 Å². The number of halogens is 2. The molecule has 1 aromatic carbocycles. The predicted molar refractivity (Wildman–Crippen MR) is 68.7 cm³/mol. The third kappa shape index (κ3) is 2.65. The van der Waals surface area contributed by atoms with Gasteiger partial charge in [-0.2, -0.15) is 0 Å². The molecule has 6 heteroatoms. The Morgan fingerprint density at radius 3 is 2.53 bits per heavy atom. The van der Waals surface area contributed by atoms with Crippen LogP contribution in [0.15, 0.2) is 24.7 Å². The predicted octanol–water partition coefficient (Wildman–Crippen LogP) is 3.04. The Morgan fingerprint density at radius 2 is 2.00 bits per heavy atom. The molecule has 0 radical (unpaired) electrons. The number of imidazole rings is 1. The van der Waals surface area contributed by atoms with Gasteiger partial charge in [0.05, 0.1) is 28.6 Å². The third-order valence-electron chi connectivity index (χ3n) is 2.41. The number of anilines is 1. The van der Waals surface area contributed by atoms with Gasteiger partial charge in [0.2, 0.25) is 0 Å². The molecule has 0 saturated carbocycles. The minimum absolute atomic E-state index is 0.0978. The molecule has 2 N–H and O–H groups in total. The van der Waals surface area contributed by atoms with Gasteiger partial charge in [-0.15, -0.1) is 0 Å². The maximum Gasteiger partial charge on any atom is 0.152 e. The highest BCUT2D eigenvalue weighted by Gasteiger charge is 2.06. The molecule has 0 saturated heterocycles. The molecule has 0 unspecified atom stereocenters. The van der Waals surface area contributed by atoms with E-state index in [-0.39, 0.29) is 15.8 Å². The van der Waals surface area contributed by atoms with E-state index in [1.807, 2.05) is 11.6 Å². The second kappa shape index (κ2) is 4.85. The van der Waals surface area contributed by atoms with Crippen LogP contribution in [0, 0.1) is 0 Å². The Balaban J connectivity index is 2.12. The molecule has 0 amide bonds. The van der Waals surface area contributed by atoms with E-state index >= 15 is 0 Å². The van der Waals surface area contributed by atoms with Crippen LogP contribution in [0.25, 0.3) is 0 Å². The van der Waals surface area contributed by atoms with Crippen LogP contribution in [0.4, 0.5) is 5.69 Å². The molecule has 0 aliphatic carbocycles. The van der Waals surface area contributed by atoms with Crippen LogP contribution < -0.4 is 5.32 Å². The maximum atomic E-state index is 9.42. The lowest BCUT2D eigenvalue weighted by molar-refractivity contribution is 0.476. The zero-order valence-electron chi connectivity index (χ0n) is 9.11. The van der Waals surface area contributed by atoms with Gasteiger partial charge in [-0.3, -0.25) is 0 Å². The van der Waals surface area contributed by atoms with Crippen molar-refractivity contribution in [3.63, 3.8) is 0 Å². The summed E-state index contributed by atoms with van der Waals surface area (Å²) >= 11 is 11.6. The van der Waals surface area contributed by atoms with E-state index in [0.29, 0.717) is 6.54 Å². The Labute approximate surface area is 109 Å². The summed E-state index contributed by atoms with van der Waals surface area (Å²) in [5, 5.41) is 13.0. The first-order valence-corrected chi connectivity index (χ1v) is 5.70. The summed E-state index contributed by atoms with van der Waals surface area (Å²) in [6, 6.07) is 3.25. The normalized spacial score (nSPS) is 10.5. The Hall–Kier alpha value is -1.39. The standard InChI is InChI=1S/C11H11Cl2N3O/c1-16-6-14-4-8(16)5-15-7-2-9(12)11(17)10(13)3-7/h2-4,6,15,17H,5H2,1H3. The van der Waals surface area contributed by atoms with Gasteiger partial charge in [-0.25, -0.2) is 4.98 Å². The van der Waals surface area contributed by atoms with Gasteiger partial charge in [0, 0.05) is 18.9 Å². The van der Waals surface area contributed by atoms with E-state index in [2.05, 4.69) is 10.3 Å². The minimum atomic E-state index is -0.0978. The van der Waals surface area contributed by atoms with Gasteiger partial charge in [-0.1, -0.05) is 23.2 Å². The van der Waals surface area contributed by atoms with E-state index in [4.69, 9.17) is 23.2 Å². The fourth-order valence-electron chi connectivity index (χ4n) is 1.42. The lowest BCUT2D eigenvalue weighted by Crippen LogP contribution is -2.03. The van der Waals surface area contributed by atoms with Crippen molar-refractivity contribution in [2.75, 3.05) is 5.32 Å². The summed E-state index contributed by atoms with van der Waals surface area (Å²) in [5.74, 6) is -0.0978. The Bertz CT molecular complexity index is 516. The maximum absolute atomic E-state index is 9.42. The fraction of sp³-hybridized carbons (Fsp3) is 0.182. The molecule has 0 spiro atoms. The van der Waals surface area contributed by atoms with Gasteiger partial charge in [0.1, 0.15) is 0 Å². The molecule has 0 aliphatic rings. The molecule has 0 aliphatic heterocycles. The first-order chi connectivity index (χ1) is 8.08. The molecular formula is C11H11Cl2N3O. The zero-order valence-corrected chi connectivity index (χ0v) is 10.6. The lowest BCUT2D eigenvalue weighted by Gasteiger charge is -2.09. The van der Waals surface area contributed by atoms with Crippen LogP contribution >= 0.6 is 23.2 Å². The average Bonchev–Trinajstić information content (AvgIpc) is 2.69. The summed E-state index contributed by atoms with van der Waals surface area (Å²) in [4.78, 5) is 4.01. The monoisotopic (exact) mass is 271 g/mol. The molecule has 0 bridgehead atoms. The van der Waals surface area contributed by atoms with Crippen molar-refractivity contribution in [2.24, 2.45) is 7.05 Å². The number of hydrogen-bond acceptors (Lipinski definition) is 3. The lowest BCUT2D eigenvalue weighted by atomic mass is 10.3. The second-order valence-corrected chi connectivity index (χ2v) is 4.45. The number of hydrogen-bond donors (Lipinski definition) is 2. The van der Waals surface area contributed by atoms with Gasteiger partial charge in [0.25, 0.3) is 0 Å². The highest BCUT2D eigenvalue weighted by molar-refractivity contribution is 6.37. The van der Waals surface area contributed by atoms with Crippen LogP contribution in [0.5, 0.6) is 5.75 Å². The van der Waals surface area contributed by atoms with E-state index in [9.17, 15) is 5.11 Å². The fourth-order valence-corrected chi connectivity index (χ4v) is 1.90. The molecule has 2 aromatic rings. The molecular weight excluding hydrogens is 261 g/mol. The Morgan fingerprint density at radius 1 is 1.35 bits per heavy atom. The molecule has 90 valence electrons. The van der Waals surface area contributed by atoms with Crippen LogP contribution in [-0.4, -0.2) is 14.7 Å². The Kier molecular flexibility index (Phi) is 3.45. The third-order valence-corrected chi connectivity index (χ3v) is 2.98. The van der Waals surface area contributed by atoms with Crippen LogP contribution in [0.2, 0.25) is 10.0 Å². The smallest absolute Gasteiger partial charge is 0.152 e. The van der Waals surface area contributed by atoms with E-state index in [0.717, 1.165) is 11.4 Å². The summed E-state index contributed by atoms with van der Waals surface area (Å²) < 4.78 is 1.91. The molecule has 2 rings (SSSR count). The molecule has 1 aromatic heterocycles. The summed E-state index contributed by atoms with van der Waals surface area (Å²) in [5.41, 5.74) is 1.78. The number of nitrogens with zero attached hydrogens (tertiary/aromatic N) is 2. The van der Waals surface area contributed by atoms with Crippen molar-refractivity contribution in [1.29, 1.82) is 0 Å². The van der Waals surface area contributed by atoms with Crippen LogP contribution in [-0.2, 0) is 13.6 Å². The first kappa shape index (κ1) is 12.1. The number of aryl methyl sites for hydroxylation is 1. The number of phenols is 1. The van der Waals surface area contributed by atoms with Gasteiger partial charge < -0.3 is 15.0 Å². The number of phenolic OH excluding ortho intramolecular Hbond substituents is 1. The molecule has 0 fully saturated rings. The highest BCUT2D eigenvalue weighted by Crippen LogP contribution is 2.34.